The average molecular weight is 602 g/mol. The number of alkyl halides is 6. The molecule has 0 radical (unpaired) electrons. The number of carbonyl (C=O) groups is 1. The Hall–Kier alpha value is -2.83. The Morgan fingerprint density at radius 1 is 0.881 bits per heavy atom. The minimum atomic E-state index is -5.51. The number of hydrogen-bond acceptors (Lipinski definition) is 5. The third-order valence-electron chi connectivity index (χ3n) is 8.56. The predicted octanol–water partition coefficient (Wildman–Crippen LogP) is 5.55. The molecule has 2 aromatic rings. The Labute approximate surface area is 241 Å². The summed E-state index contributed by atoms with van der Waals surface area (Å²) in [6.07, 6.45) is -7.42. The van der Waals surface area contributed by atoms with E-state index in [1.165, 1.54) is 0 Å². The van der Waals surface area contributed by atoms with E-state index in [0.29, 0.717) is 30.9 Å². The lowest BCUT2D eigenvalue weighted by molar-refractivity contribution is -0.262. The van der Waals surface area contributed by atoms with E-state index in [1.54, 1.807) is 19.0 Å². The maximum absolute atomic E-state index is 14.1. The van der Waals surface area contributed by atoms with E-state index in [1.807, 2.05) is 24.3 Å². The molecule has 42 heavy (non-hydrogen) atoms. The number of anilines is 1. The number of nitrogens with zero attached hydrogens (tertiary/aromatic N) is 3. The van der Waals surface area contributed by atoms with Crippen LogP contribution in [0.15, 0.2) is 48.5 Å². The SMILES string of the molecule is CN(C)C(O)c1ccc(N2CCC(CC3CCN(C(=O)[C@](O)(c4cccc(C(F)(F)F)c4)C(F)(F)F)CC3)CC2)cc1. The number of aliphatic hydroxyl groups is 2. The molecular formula is C30H37F6N3O3. The van der Waals surface area contributed by atoms with E-state index < -0.39 is 41.2 Å². The lowest BCUT2D eigenvalue weighted by Gasteiger charge is -2.40. The van der Waals surface area contributed by atoms with Gasteiger partial charge in [0.15, 0.2) is 0 Å². The molecule has 12 heteroatoms. The maximum Gasteiger partial charge on any atom is 0.430 e. The highest BCUT2D eigenvalue weighted by Gasteiger charge is 2.62. The lowest BCUT2D eigenvalue weighted by atomic mass is 9.82. The molecule has 2 fully saturated rings. The zero-order chi connectivity index (χ0) is 30.9. The van der Waals surface area contributed by atoms with Gasteiger partial charge in [0.25, 0.3) is 11.5 Å². The monoisotopic (exact) mass is 601 g/mol. The van der Waals surface area contributed by atoms with Crippen LogP contribution in [0.3, 0.4) is 0 Å². The van der Waals surface area contributed by atoms with Gasteiger partial charge in [-0.3, -0.25) is 9.69 Å². The van der Waals surface area contributed by atoms with Crippen LogP contribution in [-0.2, 0) is 16.6 Å². The van der Waals surface area contributed by atoms with Gasteiger partial charge in [0.1, 0.15) is 6.23 Å². The van der Waals surface area contributed by atoms with Crippen LogP contribution in [0.5, 0.6) is 0 Å². The quantitative estimate of drug-likeness (QED) is 0.322. The minimum Gasteiger partial charge on any atom is -0.374 e. The predicted molar refractivity (Wildman–Crippen MR) is 145 cm³/mol. The number of benzene rings is 2. The van der Waals surface area contributed by atoms with Gasteiger partial charge in [0, 0.05) is 37.4 Å². The first-order chi connectivity index (χ1) is 19.6. The summed E-state index contributed by atoms with van der Waals surface area (Å²) in [5.41, 5.74) is -4.70. The average Bonchev–Trinajstić information content (AvgIpc) is 2.96. The summed E-state index contributed by atoms with van der Waals surface area (Å²) in [5.74, 6) is -1.02. The molecule has 2 aliphatic heterocycles. The second kappa shape index (κ2) is 12.4. The first-order valence-electron chi connectivity index (χ1n) is 14.1. The zero-order valence-electron chi connectivity index (χ0n) is 23.6. The molecular weight excluding hydrogens is 564 g/mol. The topological polar surface area (TPSA) is 67.2 Å². The number of carbonyl (C=O) groups excluding carboxylic acids is 1. The van der Waals surface area contributed by atoms with Crippen molar-refractivity contribution in [3.05, 3.63) is 65.2 Å². The smallest absolute Gasteiger partial charge is 0.374 e. The van der Waals surface area contributed by atoms with Crippen molar-refractivity contribution < 1.29 is 41.4 Å². The molecule has 232 valence electrons. The second-order valence-electron chi connectivity index (χ2n) is 11.6. The Morgan fingerprint density at radius 3 is 1.90 bits per heavy atom. The van der Waals surface area contributed by atoms with Crippen molar-refractivity contribution in [1.29, 1.82) is 0 Å². The van der Waals surface area contributed by atoms with Crippen molar-refractivity contribution in [3.63, 3.8) is 0 Å². The molecule has 0 bridgehead atoms. The molecule has 2 atom stereocenters. The standard InChI is InChI=1S/C30H37F6N3O3/c1-37(2)26(40)22-6-8-25(9-7-22)38-14-10-20(11-15-38)18-21-12-16-39(17-13-21)27(41)28(42,30(34,35)36)23-4-3-5-24(19-23)29(31,32)33/h3-9,19-21,26,40,42H,10-18H2,1-2H3/t26?,28-/m1/s1. The highest BCUT2D eigenvalue weighted by molar-refractivity contribution is 5.87. The van der Waals surface area contributed by atoms with E-state index in [9.17, 15) is 41.4 Å². The maximum atomic E-state index is 14.1. The molecule has 2 aliphatic rings. The lowest BCUT2D eigenvalue weighted by Crippen LogP contribution is -2.57. The molecule has 0 aromatic heterocycles. The van der Waals surface area contributed by atoms with E-state index in [0.717, 1.165) is 54.6 Å². The molecule has 0 saturated carbocycles. The fourth-order valence-electron chi connectivity index (χ4n) is 5.98. The third-order valence-corrected chi connectivity index (χ3v) is 8.56. The van der Waals surface area contributed by atoms with E-state index in [-0.39, 0.29) is 25.1 Å². The Balaban J connectivity index is 1.32. The summed E-state index contributed by atoms with van der Waals surface area (Å²) in [6, 6.07) is 10.0. The fraction of sp³-hybridized carbons (Fsp3) is 0.567. The van der Waals surface area contributed by atoms with Gasteiger partial charge < -0.3 is 20.0 Å². The summed E-state index contributed by atoms with van der Waals surface area (Å²) in [4.78, 5) is 18.0. The van der Waals surface area contributed by atoms with Gasteiger partial charge in [-0.25, -0.2) is 0 Å². The number of halogens is 6. The number of rotatable bonds is 7. The van der Waals surface area contributed by atoms with Crippen molar-refractivity contribution in [3.8, 4) is 0 Å². The van der Waals surface area contributed by atoms with Crippen molar-refractivity contribution in [1.82, 2.24) is 9.80 Å². The largest absolute Gasteiger partial charge is 0.430 e. The Kier molecular flexibility index (Phi) is 9.49. The second-order valence-corrected chi connectivity index (χ2v) is 11.6. The summed E-state index contributed by atoms with van der Waals surface area (Å²) < 4.78 is 81.6. The van der Waals surface area contributed by atoms with Gasteiger partial charge in [-0.2, -0.15) is 26.3 Å². The highest BCUT2D eigenvalue weighted by atomic mass is 19.4. The van der Waals surface area contributed by atoms with Crippen LogP contribution < -0.4 is 4.90 Å². The molecule has 2 N–H and O–H groups in total. The Morgan fingerprint density at radius 2 is 1.40 bits per heavy atom. The third kappa shape index (κ3) is 6.86. The van der Waals surface area contributed by atoms with Crippen LogP contribution in [0.25, 0.3) is 0 Å². The van der Waals surface area contributed by atoms with Crippen LogP contribution in [0.2, 0.25) is 0 Å². The van der Waals surface area contributed by atoms with E-state index >= 15 is 0 Å². The van der Waals surface area contributed by atoms with Gasteiger partial charge in [0.2, 0.25) is 0 Å². The molecule has 1 unspecified atom stereocenters. The number of likely N-dealkylation sites (tertiary alicyclic amines) is 1. The molecule has 0 spiro atoms. The van der Waals surface area contributed by atoms with Crippen LogP contribution in [-0.4, -0.2) is 72.4 Å². The zero-order valence-corrected chi connectivity index (χ0v) is 23.6. The molecule has 4 rings (SSSR count). The molecule has 0 aliphatic carbocycles. The summed E-state index contributed by atoms with van der Waals surface area (Å²) in [5, 5.41) is 20.8. The molecule has 2 heterocycles. The van der Waals surface area contributed by atoms with Gasteiger partial charge in [0.05, 0.1) is 5.56 Å². The first kappa shape index (κ1) is 32.1. The van der Waals surface area contributed by atoms with Crippen molar-refractivity contribution in [2.45, 2.75) is 56.3 Å². The molecule has 6 nitrogen and oxygen atoms in total. The van der Waals surface area contributed by atoms with Gasteiger partial charge in [-0.05, 0) is 87.9 Å². The van der Waals surface area contributed by atoms with Crippen LogP contribution in [0.1, 0.15) is 55.0 Å². The highest BCUT2D eigenvalue weighted by Crippen LogP contribution is 2.43. The van der Waals surface area contributed by atoms with Gasteiger partial charge in [-0.1, -0.05) is 24.3 Å². The minimum absolute atomic E-state index is 0.00908. The normalized spacial score (nSPS) is 20.1. The van der Waals surface area contributed by atoms with Crippen LogP contribution in [0, 0.1) is 11.8 Å². The molecule has 2 saturated heterocycles. The molecule has 1 amide bonds. The van der Waals surface area contributed by atoms with Gasteiger partial charge >= 0.3 is 12.4 Å². The van der Waals surface area contributed by atoms with Gasteiger partial charge in [-0.15, -0.1) is 0 Å². The van der Waals surface area contributed by atoms with E-state index in [4.69, 9.17) is 0 Å². The van der Waals surface area contributed by atoms with Crippen LogP contribution >= 0.6 is 0 Å². The number of aliphatic hydroxyl groups excluding tert-OH is 1. The summed E-state index contributed by atoms with van der Waals surface area (Å²) in [6.45, 7) is 1.69. The van der Waals surface area contributed by atoms with Crippen molar-refractivity contribution in [2.24, 2.45) is 11.8 Å². The Bertz CT molecular complexity index is 1200. The van der Waals surface area contributed by atoms with Crippen molar-refractivity contribution >= 4 is 11.6 Å². The number of amides is 1. The summed E-state index contributed by atoms with van der Waals surface area (Å²) >= 11 is 0. The number of piperidine rings is 2. The van der Waals surface area contributed by atoms with Crippen molar-refractivity contribution in [2.75, 3.05) is 45.2 Å². The summed E-state index contributed by atoms with van der Waals surface area (Å²) in [7, 11) is 3.60. The fourth-order valence-corrected chi connectivity index (χ4v) is 5.98. The van der Waals surface area contributed by atoms with E-state index in [2.05, 4.69) is 4.90 Å². The number of hydrogen-bond donors (Lipinski definition) is 2. The van der Waals surface area contributed by atoms with Crippen LogP contribution in [0.4, 0.5) is 32.0 Å². The molecule has 2 aromatic carbocycles. The first-order valence-corrected chi connectivity index (χ1v) is 14.1.